The number of aromatic nitrogens is 3. The van der Waals surface area contributed by atoms with Gasteiger partial charge < -0.3 is 5.32 Å². The second-order valence-electron chi connectivity index (χ2n) is 5.86. The number of carbonyl (C=O) groups is 2. The van der Waals surface area contributed by atoms with Crippen LogP contribution in [0.25, 0.3) is 22.5 Å². The van der Waals surface area contributed by atoms with E-state index in [-0.39, 0.29) is 12.3 Å². The Bertz CT molecular complexity index is 996. The smallest absolute Gasteiger partial charge is 0.321 e. The number of imide groups is 1. The van der Waals surface area contributed by atoms with Crippen molar-refractivity contribution in [2.45, 2.75) is 5.16 Å². The Kier molecular flexibility index (Phi) is 7.07. The van der Waals surface area contributed by atoms with E-state index >= 15 is 0 Å². The molecule has 3 rings (SSSR count). The van der Waals surface area contributed by atoms with E-state index < -0.39 is 11.9 Å². The van der Waals surface area contributed by atoms with Gasteiger partial charge in [-0.15, -0.1) is 16.8 Å². The van der Waals surface area contributed by atoms with E-state index in [0.29, 0.717) is 16.5 Å². The van der Waals surface area contributed by atoms with Crippen LogP contribution in [-0.2, 0) is 4.79 Å². The van der Waals surface area contributed by atoms with Gasteiger partial charge in [0.2, 0.25) is 11.1 Å². The number of hydrogen-bond acceptors (Lipinski definition) is 6. The number of carbonyl (C=O) groups excluding carboxylic acids is 2. The molecule has 8 heteroatoms. The maximum Gasteiger partial charge on any atom is 0.321 e. The Labute approximate surface area is 172 Å². The molecular formula is C21H19N5O2S. The van der Waals surface area contributed by atoms with E-state index in [0.717, 1.165) is 22.9 Å². The van der Waals surface area contributed by atoms with Crippen LogP contribution in [0, 0.1) is 0 Å². The average molecular weight is 405 g/mol. The SMILES string of the molecule is C=CCNC(=O)NC(=O)CSc1nnc(-c2ccccc2)c(-c2ccccc2)n1. The second kappa shape index (κ2) is 10.1. The Morgan fingerprint density at radius 3 is 2.17 bits per heavy atom. The van der Waals surface area contributed by atoms with Gasteiger partial charge in [0.15, 0.2) is 0 Å². The number of rotatable bonds is 7. The van der Waals surface area contributed by atoms with Crippen LogP contribution in [0.1, 0.15) is 0 Å². The van der Waals surface area contributed by atoms with Crippen LogP contribution in [0.2, 0.25) is 0 Å². The summed E-state index contributed by atoms with van der Waals surface area (Å²) in [5.41, 5.74) is 3.14. The molecule has 3 aromatic rings. The molecule has 7 nitrogen and oxygen atoms in total. The van der Waals surface area contributed by atoms with Crippen molar-refractivity contribution >= 4 is 23.7 Å². The molecule has 0 aliphatic heterocycles. The molecule has 0 spiro atoms. The summed E-state index contributed by atoms with van der Waals surface area (Å²) in [5.74, 6) is -0.462. The highest BCUT2D eigenvalue weighted by atomic mass is 32.2. The third kappa shape index (κ3) is 5.73. The summed E-state index contributed by atoms with van der Waals surface area (Å²) < 4.78 is 0. The maximum atomic E-state index is 11.9. The summed E-state index contributed by atoms with van der Waals surface area (Å²) in [7, 11) is 0. The number of amides is 3. The highest BCUT2D eigenvalue weighted by Crippen LogP contribution is 2.29. The minimum Gasteiger partial charge on any atom is -0.334 e. The van der Waals surface area contributed by atoms with E-state index in [2.05, 4.69) is 32.4 Å². The minimum atomic E-state index is -0.570. The van der Waals surface area contributed by atoms with Crippen LogP contribution in [-0.4, -0.2) is 39.4 Å². The topological polar surface area (TPSA) is 96.9 Å². The number of nitrogens with zero attached hydrogens (tertiary/aromatic N) is 3. The zero-order valence-corrected chi connectivity index (χ0v) is 16.4. The molecule has 29 heavy (non-hydrogen) atoms. The molecule has 0 atom stereocenters. The van der Waals surface area contributed by atoms with Crippen LogP contribution in [0.3, 0.4) is 0 Å². The molecule has 0 saturated carbocycles. The predicted molar refractivity (Wildman–Crippen MR) is 113 cm³/mol. The van der Waals surface area contributed by atoms with Gasteiger partial charge in [-0.3, -0.25) is 10.1 Å². The summed E-state index contributed by atoms with van der Waals surface area (Å²) in [6.07, 6.45) is 1.53. The second-order valence-corrected chi connectivity index (χ2v) is 6.80. The van der Waals surface area contributed by atoms with Crippen LogP contribution < -0.4 is 10.6 Å². The molecule has 0 bridgehead atoms. The first-order chi connectivity index (χ1) is 14.2. The monoisotopic (exact) mass is 405 g/mol. The van der Waals surface area contributed by atoms with Crippen molar-refractivity contribution in [1.82, 2.24) is 25.8 Å². The molecule has 0 fully saturated rings. The Morgan fingerprint density at radius 2 is 1.55 bits per heavy atom. The van der Waals surface area contributed by atoms with Gasteiger partial charge in [0.05, 0.1) is 5.75 Å². The molecule has 2 N–H and O–H groups in total. The molecule has 146 valence electrons. The van der Waals surface area contributed by atoms with Gasteiger partial charge in [0, 0.05) is 17.7 Å². The van der Waals surface area contributed by atoms with Crippen LogP contribution in [0.5, 0.6) is 0 Å². The summed E-state index contributed by atoms with van der Waals surface area (Å²) in [6.45, 7) is 3.77. The van der Waals surface area contributed by atoms with Crippen molar-refractivity contribution in [2.24, 2.45) is 0 Å². The van der Waals surface area contributed by atoms with Crippen molar-refractivity contribution in [3.8, 4) is 22.5 Å². The normalized spacial score (nSPS) is 10.2. The molecular weight excluding hydrogens is 386 g/mol. The fraction of sp³-hybridized carbons (Fsp3) is 0.0952. The fourth-order valence-corrected chi connectivity index (χ4v) is 3.05. The van der Waals surface area contributed by atoms with E-state index in [1.807, 2.05) is 60.7 Å². The maximum absolute atomic E-state index is 11.9. The van der Waals surface area contributed by atoms with E-state index in [9.17, 15) is 9.59 Å². The Morgan fingerprint density at radius 1 is 0.931 bits per heavy atom. The lowest BCUT2D eigenvalue weighted by atomic mass is 10.0. The summed E-state index contributed by atoms with van der Waals surface area (Å²) in [5, 5.41) is 13.6. The van der Waals surface area contributed by atoms with Crippen molar-refractivity contribution in [3.63, 3.8) is 0 Å². The number of nitrogens with one attached hydrogen (secondary N) is 2. The van der Waals surface area contributed by atoms with Crippen molar-refractivity contribution < 1.29 is 9.59 Å². The highest BCUT2D eigenvalue weighted by molar-refractivity contribution is 7.99. The van der Waals surface area contributed by atoms with Gasteiger partial charge in [-0.1, -0.05) is 78.5 Å². The lowest BCUT2D eigenvalue weighted by molar-refractivity contribution is -0.117. The molecule has 0 saturated heterocycles. The molecule has 1 aromatic heterocycles. The molecule has 0 radical (unpaired) electrons. The van der Waals surface area contributed by atoms with Gasteiger partial charge in [0.25, 0.3) is 0 Å². The standard InChI is InChI=1S/C21H19N5O2S/c1-2-13-22-20(28)23-17(27)14-29-21-24-18(15-9-5-3-6-10-15)19(25-26-21)16-11-7-4-8-12-16/h2-12H,1,13-14H2,(H2,22,23,27,28). The lowest BCUT2D eigenvalue weighted by Crippen LogP contribution is -2.40. The minimum absolute atomic E-state index is 0.0118. The number of thioether (sulfide) groups is 1. The number of benzene rings is 2. The number of urea groups is 1. The van der Waals surface area contributed by atoms with Crippen molar-refractivity contribution in [2.75, 3.05) is 12.3 Å². The molecule has 0 unspecified atom stereocenters. The van der Waals surface area contributed by atoms with E-state index in [1.165, 1.54) is 6.08 Å². The van der Waals surface area contributed by atoms with Crippen LogP contribution >= 0.6 is 11.8 Å². The van der Waals surface area contributed by atoms with E-state index in [1.54, 1.807) is 0 Å². The first-order valence-electron chi connectivity index (χ1n) is 8.84. The molecule has 1 heterocycles. The van der Waals surface area contributed by atoms with Gasteiger partial charge in [-0.25, -0.2) is 9.78 Å². The zero-order valence-electron chi connectivity index (χ0n) is 15.5. The van der Waals surface area contributed by atoms with Crippen LogP contribution in [0.4, 0.5) is 4.79 Å². The fourth-order valence-electron chi connectivity index (χ4n) is 2.46. The zero-order chi connectivity index (χ0) is 20.5. The Balaban J connectivity index is 1.78. The third-order valence-corrected chi connectivity index (χ3v) is 4.59. The molecule has 3 amide bonds. The first-order valence-corrected chi connectivity index (χ1v) is 9.83. The molecule has 0 aliphatic rings. The molecule has 0 aliphatic carbocycles. The summed E-state index contributed by atoms with van der Waals surface area (Å²) >= 11 is 1.11. The third-order valence-electron chi connectivity index (χ3n) is 3.75. The molecule has 2 aromatic carbocycles. The number of hydrogen-bond donors (Lipinski definition) is 2. The largest absolute Gasteiger partial charge is 0.334 e. The Hall–Kier alpha value is -3.52. The quantitative estimate of drug-likeness (QED) is 0.462. The predicted octanol–water partition coefficient (Wildman–Crippen LogP) is 3.31. The van der Waals surface area contributed by atoms with E-state index in [4.69, 9.17) is 0 Å². The van der Waals surface area contributed by atoms with Gasteiger partial charge >= 0.3 is 6.03 Å². The average Bonchev–Trinajstić information content (AvgIpc) is 2.77. The summed E-state index contributed by atoms with van der Waals surface area (Å²) in [6, 6.07) is 18.8. The van der Waals surface area contributed by atoms with Crippen LogP contribution in [0.15, 0.2) is 78.5 Å². The lowest BCUT2D eigenvalue weighted by Gasteiger charge is -2.09. The van der Waals surface area contributed by atoms with Gasteiger partial charge in [-0.05, 0) is 0 Å². The van der Waals surface area contributed by atoms with Crippen molar-refractivity contribution in [3.05, 3.63) is 73.3 Å². The van der Waals surface area contributed by atoms with Gasteiger partial charge in [-0.2, -0.15) is 0 Å². The highest BCUT2D eigenvalue weighted by Gasteiger charge is 2.15. The van der Waals surface area contributed by atoms with Gasteiger partial charge in [0.1, 0.15) is 11.4 Å². The summed E-state index contributed by atoms with van der Waals surface area (Å²) in [4.78, 5) is 28.1. The van der Waals surface area contributed by atoms with Crippen molar-refractivity contribution in [1.29, 1.82) is 0 Å². The first kappa shape index (κ1) is 20.2.